The summed E-state index contributed by atoms with van der Waals surface area (Å²) in [6.45, 7) is 8.98. The van der Waals surface area contributed by atoms with Crippen LogP contribution in [0, 0.1) is 12.8 Å². The molecule has 0 saturated heterocycles. The largest absolute Gasteiger partial charge is 0.465 e. The molecule has 0 aliphatic carbocycles. The number of urea groups is 1. The van der Waals surface area contributed by atoms with Gasteiger partial charge in [0.05, 0.1) is 24.3 Å². The van der Waals surface area contributed by atoms with E-state index in [2.05, 4.69) is 15.4 Å². The number of hydrogen-bond donors (Lipinski definition) is 3. The molecule has 1 aromatic rings. The second-order valence-electron chi connectivity index (χ2n) is 6.50. The molecule has 6 heteroatoms. The lowest BCUT2D eigenvalue weighted by Crippen LogP contribution is -2.53. The third-order valence-electron chi connectivity index (χ3n) is 3.62. The van der Waals surface area contributed by atoms with Gasteiger partial charge in [-0.05, 0) is 44.4 Å². The van der Waals surface area contributed by atoms with Crippen molar-refractivity contribution in [2.24, 2.45) is 5.92 Å². The Labute approximate surface area is 137 Å². The number of anilines is 1. The van der Waals surface area contributed by atoms with E-state index in [9.17, 15) is 14.7 Å². The van der Waals surface area contributed by atoms with Gasteiger partial charge in [0.25, 0.3) is 0 Å². The van der Waals surface area contributed by atoms with Crippen LogP contribution in [0.1, 0.15) is 43.6 Å². The zero-order valence-corrected chi connectivity index (χ0v) is 14.6. The monoisotopic (exact) mass is 322 g/mol. The van der Waals surface area contributed by atoms with Crippen molar-refractivity contribution in [1.29, 1.82) is 0 Å². The van der Waals surface area contributed by atoms with E-state index in [4.69, 9.17) is 0 Å². The molecule has 1 rings (SSSR count). The number of ether oxygens (including phenoxy) is 1. The minimum atomic E-state index is -1.05. The summed E-state index contributed by atoms with van der Waals surface area (Å²) in [6.07, 6.45) is 0. The fraction of sp³-hybridized carbons (Fsp3) is 0.529. The van der Waals surface area contributed by atoms with Crippen LogP contribution >= 0.6 is 0 Å². The van der Waals surface area contributed by atoms with Gasteiger partial charge in [0.2, 0.25) is 0 Å². The number of benzene rings is 1. The van der Waals surface area contributed by atoms with Crippen LogP contribution in [0.25, 0.3) is 0 Å². The molecule has 0 saturated carbocycles. The Morgan fingerprint density at radius 3 is 2.35 bits per heavy atom. The van der Waals surface area contributed by atoms with Gasteiger partial charge in [0.15, 0.2) is 0 Å². The van der Waals surface area contributed by atoms with Gasteiger partial charge in [0.1, 0.15) is 0 Å². The van der Waals surface area contributed by atoms with E-state index in [0.717, 1.165) is 5.56 Å². The first-order chi connectivity index (χ1) is 10.6. The van der Waals surface area contributed by atoms with Gasteiger partial charge in [-0.3, -0.25) is 0 Å². The van der Waals surface area contributed by atoms with Crippen molar-refractivity contribution in [3.05, 3.63) is 29.3 Å². The van der Waals surface area contributed by atoms with Gasteiger partial charge in [-0.15, -0.1) is 0 Å². The maximum Gasteiger partial charge on any atom is 0.337 e. The Morgan fingerprint density at radius 2 is 1.87 bits per heavy atom. The molecule has 3 N–H and O–H groups in total. The van der Waals surface area contributed by atoms with Crippen molar-refractivity contribution >= 4 is 17.7 Å². The molecule has 0 spiro atoms. The van der Waals surface area contributed by atoms with E-state index in [0.29, 0.717) is 11.3 Å². The molecule has 0 aliphatic heterocycles. The second kappa shape index (κ2) is 7.46. The van der Waals surface area contributed by atoms with Crippen LogP contribution in [-0.4, -0.2) is 35.9 Å². The number of methoxy groups -OCH3 is 1. The lowest BCUT2D eigenvalue weighted by atomic mass is 9.89. The van der Waals surface area contributed by atoms with Crippen molar-refractivity contribution in [3.63, 3.8) is 0 Å². The molecule has 0 radical (unpaired) electrons. The molecule has 0 bridgehead atoms. The summed E-state index contributed by atoms with van der Waals surface area (Å²) in [5, 5.41) is 15.7. The van der Waals surface area contributed by atoms with E-state index in [1.54, 1.807) is 32.0 Å². The van der Waals surface area contributed by atoms with Crippen molar-refractivity contribution < 1.29 is 19.4 Å². The molecule has 0 unspecified atom stereocenters. The fourth-order valence-electron chi connectivity index (χ4n) is 2.46. The average molecular weight is 322 g/mol. The van der Waals surface area contributed by atoms with E-state index in [-0.39, 0.29) is 5.92 Å². The Balaban J connectivity index is 2.90. The molecule has 23 heavy (non-hydrogen) atoms. The van der Waals surface area contributed by atoms with Gasteiger partial charge in [0, 0.05) is 5.69 Å². The van der Waals surface area contributed by atoms with E-state index in [1.807, 2.05) is 20.8 Å². The van der Waals surface area contributed by atoms with Gasteiger partial charge < -0.3 is 20.5 Å². The first-order valence-corrected chi connectivity index (χ1v) is 7.55. The van der Waals surface area contributed by atoms with Crippen LogP contribution < -0.4 is 10.6 Å². The summed E-state index contributed by atoms with van der Waals surface area (Å²) >= 11 is 0. The predicted octanol–water partition coefficient (Wildman–Crippen LogP) is 2.70. The highest BCUT2D eigenvalue weighted by molar-refractivity contribution is 5.94. The van der Waals surface area contributed by atoms with Gasteiger partial charge in [-0.25, -0.2) is 9.59 Å². The van der Waals surface area contributed by atoms with Gasteiger partial charge >= 0.3 is 12.0 Å². The maximum atomic E-state index is 12.2. The lowest BCUT2D eigenvalue weighted by molar-refractivity contribution is 0.0253. The van der Waals surface area contributed by atoms with Crippen molar-refractivity contribution in [2.45, 2.75) is 46.3 Å². The predicted molar refractivity (Wildman–Crippen MR) is 89.6 cm³/mol. The molecule has 0 aromatic heterocycles. The van der Waals surface area contributed by atoms with Crippen LogP contribution in [0.4, 0.5) is 10.5 Å². The quantitative estimate of drug-likeness (QED) is 0.727. The molecule has 0 aliphatic rings. The first-order valence-electron chi connectivity index (χ1n) is 7.55. The minimum absolute atomic E-state index is 0.0586. The van der Waals surface area contributed by atoms with Crippen molar-refractivity contribution in [2.75, 3.05) is 12.4 Å². The van der Waals surface area contributed by atoms with Crippen LogP contribution in [-0.2, 0) is 4.74 Å². The van der Waals surface area contributed by atoms with E-state index in [1.165, 1.54) is 7.11 Å². The number of carbonyl (C=O) groups is 2. The zero-order chi connectivity index (χ0) is 17.8. The van der Waals surface area contributed by atoms with Crippen LogP contribution in [0.5, 0.6) is 0 Å². The molecule has 6 nitrogen and oxygen atoms in total. The highest BCUT2D eigenvalue weighted by atomic mass is 16.5. The Hall–Kier alpha value is -2.08. The number of amides is 2. The summed E-state index contributed by atoms with van der Waals surface area (Å²) in [4.78, 5) is 23.8. The Kier molecular flexibility index (Phi) is 6.15. The third-order valence-corrected chi connectivity index (χ3v) is 3.62. The zero-order valence-electron chi connectivity index (χ0n) is 14.6. The molecule has 1 aromatic carbocycles. The SMILES string of the molecule is COC(=O)c1ccc(C)c(NC(=O)N[C@@H](C(C)C)C(C)(C)O)c1. The normalized spacial score (nSPS) is 12.7. The molecule has 0 heterocycles. The lowest BCUT2D eigenvalue weighted by Gasteiger charge is -2.33. The molecule has 1 atom stereocenters. The summed E-state index contributed by atoms with van der Waals surface area (Å²) in [5.74, 6) is -0.409. The van der Waals surface area contributed by atoms with Crippen LogP contribution in [0.15, 0.2) is 18.2 Å². The number of rotatable bonds is 5. The number of aliphatic hydroxyl groups is 1. The number of carbonyl (C=O) groups excluding carboxylic acids is 2. The number of hydrogen-bond acceptors (Lipinski definition) is 4. The molecule has 128 valence electrons. The fourth-order valence-corrected chi connectivity index (χ4v) is 2.46. The highest BCUT2D eigenvalue weighted by Crippen LogP contribution is 2.19. The van der Waals surface area contributed by atoms with Crippen molar-refractivity contribution in [1.82, 2.24) is 5.32 Å². The number of nitrogens with one attached hydrogen (secondary N) is 2. The summed E-state index contributed by atoms with van der Waals surface area (Å²) in [7, 11) is 1.30. The van der Waals surface area contributed by atoms with E-state index >= 15 is 0 Å². The Bertz CT molecular complexity index is 576. The average Bonchev–Trinajstić information content (AvgIpc) is 2.44. The molecular formula is C17H26N2O4. The van der Waals surface area contributed by atoms with Crippen molar-refractivity contribution in [3.8, 4) is 0 Å². The Morgan fingerprint density at radius 1 is 1.26 bits per heavy atom. The summed E-state index contributed by atoms with van der Waals surface area (Å²) < 4.78 is 4.68. The standard InChI is InChI=1S/C17H26N2O4/c1-10(2)14(17(4,5)22)19-16(21)18-13-9-12(15(20)23-6)8-7-11(13)3/h7-10,14,22H,1-6H3,(H2,18,19,21)/t14-/m0/s1. The summed E-state index contributed by atoms with van der Waals surface area (Å²) in [6, 6.07) is 4.09. The smallest absolute Gasteiger partial charge is 0.337 e. The minimum Gasteiger partial charge on any atom is -0.465 e. The topological polar surface area (TPSA) is 87.7 Å². The highest BCUT2D eigenvalue weighted by Gasteiger charge is 2.31. The second-order valence-corrected chi connectivity index (χ2v) is 6.50. The maximum absolute atomic E-state index is 12.2. The summed E-state index contributed by atoms with van der Waals surface area (Å²) in [5.41, 5.74) is 0.645. The van der Waals surface area contributed by atoms with Crippen LogP contribution in [0.3, 0.4) is 0 Å². The van der Waals surface area contributed by atoms with Gasteiger partial charge in [-0.2, -0.15) is 0 Å². The number of esters is 1. The first kappa shape index (κ1) is 19.0. The van der Waals surface area contributed by atoms with Gasteiger partial charge in [-0.1, -0.05) is 19.9 Å². The third kappa shape index (κ3) is 5.25. The molecular weight excluding hydrogens is 296 g/mol. The van der Waals surface area contributed by atoms with E-state index < -0.39 is 23.6 Å². The number of aryl methyl sites for hydroxylation is 1. The molecule has 0 fully saturated rings. The van der Waals surface area contributed by atoms with Crippen LogP contribution in [0.2, 0.25) is 0 Å². The molecule has 2 amide bonds.